The topological polar surface area (TPSA) is 38.8 Å². The predicted molar refractivity (Wildman–Crippen MR) is 161 cm³/mol. The smallest absolute Gasteiger partial charge is 0.127 e. The van der Waals surface area contributed by atoms with E-state index in [9.17, 15) is 4.79 Å². The molecule has 0 aliphatic carbocycles. The first-order valence-electron chi connectivity index (χ1n) is 15.0. The molecule has 0 aliphatic heterocycles. The molecule has 0 aliphatic rings. The second kappa shape index (κ2) is 19.7. The van der Waals surface area contributed by atoms with Gasteiger partial charge in [-0.25, -0.2) is 0 Å². The van der Waals surface area contributed by atoms with Gasteiger partial charge in [-0.3, -0.25) is 0 Å². The molecule has 1 atom stereocenters. The van der Waals surface area contributed by atoms with Crippen LogP contribution in [0.25, 0.3) is 0 Å². The zero-order valence-electron chi connectivity index (χ0n) is 24.7. The predicted octanol–water partition coefficient (Wildman–Crippen LogP) is 8.40. The van der Waals surface area contributed by atoms with Crippen molar-refractivity contribution in [3.63, 3.8) is 0 Å². The van der Waals surface area contributed by atoms with Crippen LogP contribution >= 0.6 is 0 Å². The number of rotatable bonds is 22. The highest BCUT2D eigenvalue weighted by Crippen LogP contribution is 2.31. The lowest BCUT2D eigenvalue weighted by Crippen LogP contribution is -2.23. The summed E-state index contributed by atoms with van der Waals surface area (Å²) < 4.78 is 11.1. The molecule has 0 amide bonds. The molecule has 0 spiro atoms. The Hall–Kier alpha value is -2.33. The van der Waals surface area contributed by atoms with Gasteiger partial charge in [0.05, 0.1) is 14.2 Å². The molecule has 0 fully saturated rings. The average molecular weight is 524 g/mol. The van der Waals surface area contributed by atoms with E-state index in [-0.39, 0.29) is 5.92 Å². The number of carbonyl (C=O) groups excluding carboxylic acids is 1. The summed E-state index contributed by atoms with van der Waals surface area (Å²) >= 11 is 0. The summed E-state index contributed by atoms with van der Waals surface area (Å²) in [6, 6.07) is 14.5. The Bertz CT molecular complexity index is 897. The molecule has 2 aromatic carbocycles. The van der Waals surface area contributed by atoms with Crippen LogP contribution in [-0.2, 0) is 17.6 Å². The number of benzene rings is 2. The van der Waals surface area contributed by atoms with Crippen molar-refractivity contribution in [1.82, 2.24) is 4.90 Å². The van der Waals surface area contributed by atoms with Crippen LogP contribution in [0, 0.1) is 0 Å². The number of unbranched alkanes of at least 4 members (excludes halogenated alkanes) is 9. The fourth-order valence-corrected chi connectivity index (χ4v) is 5.32. The van der Waals surface area contributed by atoms with E-state index >= 15 is 0 Å². The Morgan fingerprint density at radius 2 is 1.47 bits per heavy atom. The Kier molecular flexibility index (Phi) is 16.5. The van der Waals surface area contributed by atoms with Crippen LogP contribution in [0.15, 0.2) is 42.5 Å². The molecule has 212 valence electrons. The monoisotopic (exact) mass is 523 g/mol. The lowest BCUT2D eigenvalue weighted by atomic mass is 9.88. The number of hydrogen-bond donors (Lipinski definition) is 0. The number of aldehydes is 1. The van der Waals surface area contributed by atoms with E-state index < -0.39 is 0 Å². The fraction of sp³-hybridized carbons (Fsp3) is 0.618. The summed E-state index contributed by atoms with van der Waals surface area (Å²) in [6.45, 7) is 4.24. The van der Waals surface area contributed by atoms with Gasteiger partial charge >= 0.3 is 0 Å². The summed E-state index contributed by atoms with van der Waals surface area (Å²) in [5.41, 5.74) is 3.68. The molecule has 0 saturated heterocycles. The molecule has 0 saturated carbocycles. The van der Waals surface area contributed by atoms with Crippen molar-refractivity contribution in [3.05, 3.63) is 59.2 Å². The molecule has 2 aromatic rings. The van der Waals surface area contributed by atoms with Crippen molar-refractivity contribution in [2.45, 2.75) is 103 Å². The van der Waals surface area contributed by atoms with Gasteiger partial charge in [0.25, 0.3) is 0 Å². The van der Waals surface area contributed by atoms with Gasteiger partial charge in [-0.2, -0.15) is 0 Å². The summed E-state index contributed by atoms with van der Waals surface area (Å²) in [6.07, 6.45) is 18.3. The maximum absolute atomic E-state index is 12.2. The summed E-state index contributed by atoms with van der Waals surface area (Å²) in [5.74, 6) is 1.77. The third kappa shape index (κ3) is 12.0. The Morgan fingerprint density at radius 1 is 0.789 bits per heavy atom. The Balaban J connectivity index is 1.79. The quantitative estimate of drug-likeness (QED) is 0.115. The molecule has 0 radical (unpaired) electrons. The molecule has 4 nitrogen and oxygen atoms in total. The normalized spacial score (nSPS) is 12.0. The van der Waals surface area contributed by atoms with Crippen LogP contribution in [0.4, 0.5) is 0 Å². The Labute approximate surface area is 233 Å². The summed E-state index contributed by atoms with van der Waals surface area (Å²) in [4.78, 5) is 14.5. The molecule has 4 heteroatoms. The van der Waals surface area contributed by atoms with E-state index in [0.29, 0.717) is 0 Å². The minimum absolute atomic E-state index is 0.0741. The second-order valence-corrected chi connectivity index (χ2v) is 10.7. The van der Waals surface area contributed by atoms with Crippen LogP contribution in [0.5, 0.6) is 11.5 Å². The molecule has 0 aromatic heterocycles. The van der Waals surface area contributed by atoms with E-state index in [1.165, 1.54) is 68.9 Å². The van der Waals surface area contributed by atoms with Gasteiger partial charge in [0.15, 0.2) is 0 Å². The molecule has 0 bridgehead atoms. The average Bonchev–Trinajstić information content (AvgIpc) is 2.95. The molecule has 1 unspecified atom stereocenters. The first-order valence-corrected chi connectivity index (χ1v) is 15.0. The maximum atomic E-state index is 12.2. The van der Waals surface area contributed by atoms with Crippen LogP contribution in [0.2, 0.25) is 0 Å². The van der Waals surface area contributed by atoms with E-state index in [4.69, 9.17) is 9.47 Å². The zero-order chi connectivity index (χ0) is 27.4. The first-order chi connectivity index (χ1) is 18.6. The van der Waals surface area contributed by atoms with Gasteiger partial charge in [0, 0.05) is 12.5 Å². The fourth-order valence-electron chi connectivity index (χ4n) is 5.32. The lowest BCUT2D eigenvalue weighted by Gasteiger charge is -2.20. The van der Waals surface area contributed by atoms with Crippen LogP contribution in [0.1, 0.15) is 107 Å². The van der Waals surface area contributed by atoms with E-state index in [2.05, 4.69) is 37.1 Å². The summed E-state index contributed by atoms with van der Waals surface area (Å²) in [5, 5.41) is 0. The minimum atomic E-state index is -0.0741. The highest BCUT2D eigenvalue weighted by Gasteiger charge is 2.18. The molecule has 0 N–H and O–H groups in total. The lowest BCUT2D eigenvalue weighted by molar-refractivity contribution is -0.109. The van der Waals surface area contributed by atoms with Gasteiger partial charge in [0.2, 0.25) is 0 Å². The number of ether oxygens (including phenoxy) is 2. The van der Waals surface area contributed by atoms with E-state index in [1.807, 2.05) is 24.3 Å². The standard InChI is InChI=1S/C34H53NO3/c1-5-6-7-8-9-10-11-12-13-14-21-33-32(22-16-23-34(33)38-4)30(28-36)19-17-25-35(2)26-24-29-18-15-20-31(27-29)37-3/h15-16,18,20,22-23,27-28,30H,5-14,17,19,21,24-26H2,1-4H3. The maximum Gasteiger partial charge on any atom is 0.127 e. The first kappa shape index (κ1) is 31.9. The minimum Gasteiger partial charge on any atom is -0.497 e. The third-order valence-corrected chi connectivity index (χ3v) is 7.70. The second-order valence-electron chi connectivity index (χ2n) is 10.7. The van der Waals surface area contributed by atoms with Gasteiger partial charge in [-0.05, 0) is 80.6 Å². The summed E-state index contributed by atoms with van der Waals surface area (Å²) in [7, 11) is 5.62. The zero-order valence-corrected chi connectivity index (χ0v) is 24.7. The van der Waals surface area contributed by atoms with Crippen molar-refractivity contribution >= 4 is 6.29 Å². The van der Waals surface area contributed by atoms with E-state index in [1.54, 1.807) is 14.2 Å². The SMILES string of the molecule is CCCCCCCCCCCCc1c(OC)cccc1C(C=O)CCCN(C)CCc1cccc(OC)c1. The van der Waals surface area contributed by atoms with Crippen molar-refractivity contribution in [2.75, 3.05) is 34.4 Å². The molecular weight excluding hydrogens is 470 g/mol. The highest BCUT2D eigenvalue weighted by molar-refractivity contribution is 5.64. The van der Waals surface area contributed by atoms with Crippen molar-refractivity contribution in [2.24, 2.45) is 0 Å². The number of carbonyl (C=O) groups is 1. The van der Waals surface area contributed by atoms with Crippen LogP contribution < -0.4 is 9.47 Å². The van der Waals surface area contributed by atoms with Crippen molar-refractivity contribution in [1.29, 1.82) is 0 Å². The van der Waals surface area contributed by atoms with Crippen LogP contribution in [-0.4, -0.2) is 45.5 Å². The molecule has 38 heavy (non-hydrogen) atoms. The van der Waals surface area contributed by atoms with Gasteiger partial charge in [-0.1, -0.05) is 89.0 Å². The molecule has 0 heterocycles. The van der Waals surface area contributed by atoms with E-state index in [0.717, 1.165) is 68.5 Å². The molecule has 2 rings (SSSR count). The van der Waals surface area contributed by atoms with Crippen LogP contribution in [0.3, 0.4) is 0 Å². The van der Waals surface area contributed by atoms with Crippen molar-refractivity contribution in [3.8, 4) is 11.5 Å². The van der Waals surface area contributed by atoms with Gasteiger partial charge in [0.1, 0.15) is 17.8 Å². The highest BCUT2D eigenvalue weighted by atomic mass is 16.5. The largest absolute Gasteiger partial charge is 0.497 e. The van der Waals surface area contributed by atoms with Crippen molar-refractivity contribution < 1.29 is 14.3 Å². The van der Waals surface area contributed by atoms with Gasteiger partial charge in [-0.15, -0.1) is 0 Å². The molecular formula is C34H53NO3. The number of likely N-dealkylation sites (N-methyl/N-ethyl adjacent to an activating group) is 1. The number of methoxy groups -OCH3 is 2. The number of hydrogen-bond acceptors (Lipinski definition) is 4. The third-order valence-electron chi connectivity index (χ3n) is 7.70. The van der Waals surface area contributed by atoms with Gasteiger partial charge < -0.3 is 19.2 Å². The Morgan fingerprint density at radius 3 is 2.13 bits per heavy atom. The number of nitrogens with zero attached hydrogens (tertiary/aromatic N) is 1.